The van der Waals surface area contributed by atoms with Crippen LogP contribution in [0.4, 0.5) is 0 Å². The Hall–Kier alpha value is -1.11. The van der Waals surface area contributed by atoms with Crippen molar-refractivity contribution in [1.29, 1.82) is 0 Å². The van der Waals surface area contributed by atoms with Gasteiger partial charge in [0.05, 0.1) is 5.35 Å². The van der Waals surface area contributed by atoms with Crippen LogP contribution in [0.2, 0.25) is 0 Å². The van der Waals surface area contributed by atoms with Crippen LogP contribution in [0.15, 0.2) is 12.1 Å². The Kier molecular flexibility index (Phi) is 2.40. The van der Waals surface area contributed by atoms with Gasteiger partial charge in [0, 0.05) is 5.69 Å². The van der Waals surface area contributed by atoms with E-state index in [1.165, 1.54) is 17.0 Å². The third-order valence-corrected chi connectivity index (χ3v) is 2.75. The summed E-state index contributed by atoms with van der Waals surface area (Å²) in [7, 11) is 0. The van der Waals surface area contributed by atoms with Gasteiger partial charge in [-0.1, -0.05) is 32.1 Å². The van der Waals surface area contributed by atoms with Gasteiger partial charge in [0.1, 0.15) is 0 Å². The van der Waals surface area contributed by atoms with Crippen LogP contribution < -0.4 is 10.6 Å². The van der Waals surface area contributed by atoms with E-state index in [1.54, 1.807) is 0 Å². The smallest absolute Gasteiger partial charge is 0.0665 e. The van der Waals surface area contributed by atoms with Crippen molar-refractivity contribution in [3.05, 3.63) is 28.4 Å². The van der Waals surface area contributed by atoms with Gasteiger partial charge in [-0.3, -0.25) is 4.98 Å². The quantitative estimate of drug-likeness (QED) is 0.601. The maximum absolute atomic E-state index is 4.50. The van der Waals surface area contributed by atoms with Crippen molar-refractivity contribution in [2.75, 3.05) is 0 Å². The predicted molar refractivity (Wildman–Crippen MR) is 60.1 cm³/mol. The highest BCUT2D eigenvalue weighted by molar-refractivity contribution is 5.47. The van der Waals surface area contributed by atoms with E-state index in [-0.39, 0.29) is 0 Å². The Bertz CT molecular complexity index is 445. The molecule has 2 aliphatic rings. The van der Waals surface area contributed by atoms with Crippen LogP contribution in [0.3, 0.4) is 0 Å². The molecule has 1 heteroatoms. The molecule has 1 saturated carbocycles. The molecule has 1 fully saturated rings. The van der Waals surface area contributed by atoms with Crippen LogP contribution in [0, 0.1) is 18.8 Å². The standard InChI is InChI=1S/C11H11N.C2H6/c1-7-2-3-8-4-9-5-10(9)6-11(8)12-7;1-2/h2-4,6,9-10H,5H2,1H3;1-2H3. The number of nitrogens with zero attached hydrogens (tertiary/aromatic N) is 1. The summed E-state index contributed by atoms with van der Waals surface area (Å²) in [5.41, 5.74) is 1.12. The zero-order valence-corrected chi connectivity index (χ0v) is 9.12. The van der Waals surface area contributed by atoms with Crippen LogP contribution in [0.5, 0.6) is 0 Å². The van der Waals surface area contributed by atoms with Gasteiger partial charge in [0.2, 0.25) is 0 Å². The molecule has 0 radical (unpaired) electrons. The first kappa shape index (κ1) is 9.45. The fourth-order valence-electron chi connectivity index (χ4n) is 1.91. The molecule has 0 amide bonds. The van der Waals surface area contributed by atoms with Gasteiger partial charge in [-0.15, -0.1) is 0 Å². The lowest BCUT2D eigenvalue weighted by Crippen LogP contribution is -2.30. The van der Waals surface area contributed by atoms with Crippen molar-refractivity contribution in [3.63, 3.8) is 0 Å². The van der Waals surface area contributed by atoms with Crippen molar-refractivity contribution in [1.82, 2.24) is 4.98 Å². The van der Waals surface area contributed by atoms with Gasteiger partial charge in [-0.2, -0.15) is 0 Å². The maximum Gasteiger partial charge on any atom is 0.0665 e. The molecule has 0 N–H and O–H groups in total. The van der Waals surface area contributed by atoms with E-state index in [0.717, 1.165) is 17.5 Å². The highest BCUT2D eigenvalue weighted by Gasteiger charge is 2.34. The largest absolute Gasteiger partial charge is 0.253 e. The Morgan fingerprint density at radius 2 is 1.86 bits per heavy atom. The van der Waals surface area contributed by atoms with Crippen molar-refractivity contribution in [3.8, 4) is 0 Å². The summed E-state index contributed by atoms with van der Waals surface area (Å²) in [6.45, 7) is 6.05. The fourth-order valence-corrected chi connectivity index (χ4v) is 1.91. The van der Waals surface area contributed by atoms with Gasteiger partial charge < -0.3 is 0 Å². The van der Waals surface area contributed by atoms with E-state index in [2.05, 4.69) is 29.3 Å². The number of fused-ring (bicyclic) bond motifs is 2. The second-order valence-electron chi connectivity index (χ2n) is 3.82. The number of hydrogen-bond donors (Lipinski definition) is 0. The summed E-state index contributed by atoms with van der Waals surface area (Å²) in [6, 6.07) is 4.27. The number of rotatable bonds is 0. The minimum Gasteiger partial charge on any atom is -0.253 e. The van der Waals surface area contributed by atoms with Crippen LogP contribution >= 0.6 is 0 Å². The minimum atomic E-state index is 0.812. The van der Waals surface area contributed by atoms with Crippen molar-refractivity contribution >= 4 is 12.2 Å². The molecule has 1 nitrogen and oxygen atoms in total. The Morgan fingerprint density at radius 3 is 2.64 bits per heavy atom. The number of aromatic nitrogens is 1. The monoisotopic (exact) mass is 187 g/mol. The normalized spacial score (nSPS) is 25.6. The minimum absolute atomic E-state index is 0.812. The lowest BCUT2D eigenvalue weighted by atomic mass is 10.1. The third-order valence-electron chi connectivity index (χ3n) is 2.75. The summed E-state index contributed by atoms with van der Waals surface area (Å²) >= 11 is 0. The summed E-state index contributed by atoms with van der Waals surface area (Å²) in [5.74, 6) is 1.65. The molecule has 1 heterocycles. The van der Waals surface area contributed by atoms with Crippen LogP contribution in [0.25, 0.3) is 12.2 Å². The molecule has 2 aliphatic carbocycles. The molecule has 1 aromatic heterocycles. The van der Waals surface area contributed by atoms with E-state index >= 15 is 0 Å². The molecule has 3 rings (SSSR count). The molecule has 0 spiro atoms. The molecule has 2 atom stereocenters. The summed E-state index contributed by atoms with van der Waals surface area (Å²) in [6.07, 6.45) is 6.04. The first-order chi connectivity index (χ1) is 6.83. The van der Waals surface area contributed by atoms with Crippen molar-refractivity contribution < 1.29 is 0 Å². The highest BCUT2D eigenvalue weighted by atomic mass is 14.7. The molecule has 74 valence electrons. The Morgan fingerprint density at radius 1 is 1.14 bits per heavy atom. The zero-order valence-electron chi connectivity index (χ0n) is 9.12. The van der Waals surface area contributed by atoms with E-state index in [0.29, 0.717) is 0 Å². The molecule has 0 bridgehead atoms. The number of aryl methyl sites for hydroxylation is 1. The molecule has 0 aromatic carbocycles. The topological polar surface area (TPSA) is 12.9 Å². The maximum atomic E-state index is 4.50. The summed E-state index contributed by atoms with van der Waals surface area (Å²) in [4.78, 5) is 4.50. The van der Waals surface area contributed by atoms with Crippen LogP contribution in [0.1, 0.15) is 26.0 Å². The Balaban J connectivity index is 0.000000354. The fraction of sp³-hybridized carbons (Fsp3) is 0.462. The molecule has 14 heavy (non-hydrogen) atoms. The van der Waals surface area contributed by atoms with E-state index in [4.69, 9.17) is 0 Å². The SMILES string of the molecule is CC.Cc1ccc2c(n1)=CC1CC1C=2. The molecule has 1 aromatic rings. The van der Waals surface area contributed by atoms with Crippen molar-refractivity contribution in [2.24, 2.45) is 11.8 Å². The lowest BCUT2D eigenvalue weighted by molar-refractivity contribution is 1.02. The molecule has 0 saturated heterocycles. The predicted octanol–water partition coefficient (Wildman–Crippen LogP) is 1.63. The van der Waals surface area contributed by atoms with E-state index in [1.807, 2.05) is 20.8 Å². The lowest BCUT2D eigenvalue weighted by Gasteiger charge is -1.98. The van der Waals surface area contributed by atoms with Gasteiger partial charge in [0.25, 0.3) is 0 Å². The van der Waals surface area contributed by atoms with Crippen molar-refractivity contribution in [2.45, 2.75) is 27.2 Å². The van der Waals surface area contributed by atoms with Crippen LogP contribution in [-0.4, -0.2) is 4.98 Å². The summed E-state index contributed by atoms with van der Waals surface area (Å²) < 4.78 is 0. The van der Waals surface area contributed by atoms with E-state index < -0.39 is 0 Å². The second-order valence-corrected chi connectivity index (χ2v) is 3.82. The van der Waals surface area contributed by atoms with E-state index in [9.17, 15) is 0 Å². The Labute approximate surface area is 85.2 Å². The van der Waals surface area contributed by atoms with Gasteiger partial charge in [-0.25, -0.2) is 0 Å². The van der Waals surface area contributed by atoms with Gasteiger partial charge in [-0.05, 0) is 36.5 Å². The van der Waals surface area contributed by atoms with Gasteiger partial charge >= 0.3 is 0 Å². The average Bonchev–Trinajstić information content (AvgIpc) is 2.95. The molecule has 0 aliphatic heterocycles. The number of pyridine rings is 1. The third kappa shape index (κ3) is 1.59. The molecule has 2 unspecified atom stereocenters. The first-order valence-corrected chi connectivity index (χ1v) is 5.50. The summed E-state index contributed by atoms with van der Waals surface area (Å²) in [5, 5.41) is 2.54. The average molecular weight is 187 g/mol. The highest BCUT2D eigenvalue weighted by Crippen LogP contribution is 2.41. The molecular weight excluding hydrogens is 170 g/mol. The van der Waals surface area contributed by atoms with Crippen LogP contribution in [-0.2, 0) is 0 Å². The van der Waals surface area contributed by atoms with Gasteiger partial charge in [0.15, 0.2) is 0 Å². The first-order valence-electron chi connectivity index (χ1n) is 5.50. The molecular formula is C13H17N. The zero-order chi connectivity index (χ0) is 10.1. The number of hydrogen-bond acceptors (Lipinski definition) is 1. The second kappa shape index (κ2) is 3.56.